The fourth-order valence-electron chi connectivity index (χ4n) is 5.00. The number of nitrogens with zero attached hydrogens (tertiary/aromatic N) is 2. The lowest BCUT2D eigenvalue weighted by atomic mass is 10.0. The first-order chi connectivity index (χ1) is 20.4. The molecule has 42 heavy (non-hydrogen) atoms. The zero-order valence-electron chi connectivity index (χ0n) is 23.3. The molecule has 8 nitrogen and oxygen atoms in total. The van der Waals surface area contributed by atoms with E-state index in [0.29, 0.717) is 18.0 Å². The molecule has 0 spiro atoms. The number of urea groups is 1. The van der Waals surface area contributed by atoms with E-state index in [-0.39, 0.29) is 31.1 Å². The van der Waals surface area contributed by atoms with Crippen LogP contribution in [0.4, 0.5) is 10.5 Å². The Morgan fingerprint density at radius 1 is 0.929 bits per heavy atom. The molecule has 0 aliphatic carbocycles. The van der Waals surface area contributed by atoms with E-state index < -0.39 is 12.1 Å². The molecule has 1 heterocycles. The average Bonchev–Trinajstić information content (AvgIpc) is 3.02. The molecule has 3 N–H and O–H groups in total. The minimum atomic E-state index is -0.823. The van der Waals surface area contributed by atoms with Gasteiger partial charge in [-0.1, -0.05) is 66.7 Å². The lowest BCUT2D eigenvalue weighted by Gasteiger charge is -2.39. The van der Waals surface area contributed by atoms with Gasteiger partial charge in [0, 0.05) is 31.4 Å². The summed E-state index contributed by atoms with van der Waals surface area (Å²) in [6, 6.07) is 32.4. The Labute approximate surface area is 251 Å². The fourth-order valence-corrected chi connectivity index (χ4v) is 5.35. The second kappa shape index (κ2) is 13.6. The Hall–Kier alpha value is -4.31. The topological polar surface area (TPSA) is 94.1 Å². The minimum absolute atomic E-state index is 0.129. The highest BCUT2D eigenvalue weighted by Crippen LogP contribution is 2.26. The summed E-state index contributed by atoms with van der Waals surface area (Å²) in [6.07, 6.45) is -0.823. The summed E-state index contributed by atoms with van der Waals surface area (Å²) >= 11 is 3.68. The molecule has 4 aromatic carbocycles. The standard InChI is InChI=1S/C33H34N4O4S/c1-36(22-30(38)23-10-4-2-5-11-23)32(39)29-21-37(20-28(35-29)27-14-8-9-15-31(27)42)33(40)34-24-16-18-26(19-17-24)41-25-12-6-3-7-13-25/h2-19,28-30,35,38,42H,20-22H2,1H3,(H,34,40)/p+1/t28?,29-,30?/m1/s1. The maximum absolute atomic E-state index is 13.6. The highest BCUT2D eigenvalue weighted by molar-refractivity contribution is 7.58. The van der Waals surface area contributed by atoms with E-state index in [0.717, 1.165) is 21.8 Å². The normalized spacial score (nSPS) is 17.3. The first-order valence-corrected chi connectivity index (χ1v) is 14.3. The number of hydrogen-bond acceptors (Lipinski definition) is 5. The third-order valence-electron chi connectivity index (χ3n) is 7.22. The maximum Gasteiger partial charge on any atom is 0.321 e. The van der Waals surface area contributed by atoms with Crippen LogP contribution >= 0.6 is 0 Å². The highest BCUT2D eigenvalue weighted by atomic mass is 32.1. The smallest absolute Gasteiger partial charge is 0.321 e. The van der Waals surface area contributed by atoms with Crippen molar-refractivity contribution in [2.45, 2.75) is 23.1 Å². The predicted octanol–water partition coefficient (Wildman–Crippen LogP) is 4.59. The Bertz CT molecular complexity index is 1490. The Morgan fingerprint density at radius 2 is 1.55 bits per heavy atom. The van der Waals surface area contributed by atoms with Gasteiger partial charge in [-0.25, -0.2) is 4.79 Å². The number of benzene rings is 4. The number of likely N-dealkylation sites (N-methyl/N-ethyl adjacent to an activating group) is 1. The van der Waals surface area contributed by atoms with Crippen LogP contribution in [0.2, 0.25) is 0 Å². The number of aliphatic hydroxyl groups excluding tert-OH is 1. The van der Waals surface area contributed by atoms with Crippen molar-refractivity contribution in [1.82, 2.24) is 15.1 Å². The summed E-state index contributed by atoms with van der Waals surface area (Å²) < 4.78 is 5.85. The van der Waals surface area contributed by atoms with E-state index in [9.17, 15) is 14.7 Å². The number of piperazine rings is 1. The summed E-state index contributed by atoms with van der Waals surface area (Å²) in [4.78, 5) is 31.1. The van der Waals surface area contributed by atoms with Crippen molar-refractivity contribution < 1.29 is 19.4 Å². The van der Waals surface area contributed by atoms with Gasteiger partial charge in [0.25, 0.3) is 0 Å². The van der Waals surface area contributed by atoms with Crippen molar-refractivity contribution in [2.24, 2.45) is 0 Å². The number of ether oxygens (including phenoxy) is 1. The fraction of sp³-hybridized carbons (Fsp3) is 0.212. The van der Waals surface area contributed by atoms with Crippen molar-refractivity contribution in [3.05, 3.63) is 120 Å². The number of para-hydroxylation sites is 1. The molecular formula is C33H35N4O4S+. The molecular weight excluding hydrogens is 548 g/mol. The average molecular weight is 584 g/mol. The monoisotopic (exact) mass is 583 g/mol. The quantitative estimate of drug-likeness (QED) is 0.264. The largest absolute Gasteiger partial charge is 0.457 e. The minimum Gasteiger partial charge on any atom is -0.457 e. The first-order valence-electron chi connectivity index (χ1n) is 13.8. The van der Waals surface area contributed by atoms with Gasteiger partial charge < -0.3 is 25.0 Å². The molecule has 0 saturated carbocycles. The van der Waals surface area contributed by atoms with Crippen molar-refractivity contribution >= 4 is 30.3 Å². The predicted molar refractivity (Wildman–Crippen MR) is 167 cm³/mol. The second-order valence-electron chi connectivity index (χ2n) is 10.3. The van der Waals surface area contributed by atoms with Gasteiger partial charge in [0.1, 0.15) is 17.5 Å². The summed E-state index contributed by atoms with van der Waals surface area (Å²) in [5.41, 5.74) is 2.29. The van der Waals surface area contributed by atoms with Crippen LogP contribution in [-0.2, 0) is 17.4 Å². The number of amides is 3. The third-order valence-corrected chi connectivity index (χ3v) is 7.68. The molecule has 1 aliphatic heterocycles. The molecule has 1 fully saturated rings. The van der Waals surface area contributed by atoms with Gasteiger partial charge in [0.15, 0.2) is 4.90 Å². The Morgan fingerprint density at radius 3 is 2.24 bits per heavy atom. The number of aliphatic hydroxyl groups is 1. The molecule has 3 amide bonds. The Balaban J connectivity index is 1.29. The third kappa shape index (κ3) is 7.30. The van der Waals surface area contributed by atoms with Gasteiger partial charge in [-0.05, 0) is 60.7 Å². The summed E-state index contributed by atoms with van der Waals surface area (Å²) in [5, 5.41) is 17.1. The summed E-state index contributed by atoms with van der Waals surface area (Å²) in [6.45, 7) is 0.665. The van der Waals surface area contributed by atoms with Gasteiger partial charge in [-0.3, -0.25) is 10.1 Å². The number of anilines is 1. The van der Waals surface area contributed by atoms with Crippen LogP contribution in [0.1, 0.15) is 23.3 Å². The van der Waals surface area contributed by atoms with E-state index in [1.807, 2.05) is 84.9 Å². The van der Waals surface area contributed by atoms with E-state index in [2.05, 4.69) is 23.3 Å². The number of hydrogen-bond donors (Lipinski definition) is 3. The van der Waals surface area contributed by atoms with Gasteiger partial charge in [-0.2, -0.15) is 0 Å². The van der Waals surface area contributed by atoms with E-state index in [4.69, 9.17) is 4.74 Å². The molecule has 4 aromatic rings. The van der Waals surface area contributed by atoms with Crippen LogP contribution in [0.15, 0.2) is 114 Å². The number of rotatable bonds is 8. The molecule has 1 saturated heterocycles. The first kappa shape index (κ1) is 29.2. The van der Waals surface area contributed by atoms with Crippen molar-refractivity contribution in [2.75, 3.05) is 32.0 Å². The van der Waals surface area contributed by atoms with Crippen LogP contribution in [0.5, 0.6) is 11.5 Å². The molecule has 0 bridgehead atoms. The van der Waals surface area contributed by atoms with Crippen LogP contribution < -0.4 is 15.4 Å². The van der Waals surface area contributed by atoms with Gasteiger partial charge in [-0.15, -0.1) is 0 Å². The molecule has 2 unspecified atom stereocenters. The molecule has 1 aliphatic rings. The van der Waals surface area contributed by atoms with Gasteiger partial charge >= 0.3 is 6.03 Å². The van der Waals surface area contributed by atoms with Crippen LogP contribution in [0.3, 0.4) is 0 Å². The molecule has 0 aromatic heterocycles. The van der Waals surface area contributed by atoms with Crippen molar-refractivity contribution in [1.29, 1.82) is 0 Å². The maximum atomic E-state index is 13.6. The molecule has 5 rings (SSSR count). The Kier molecular flexibility index (Phi) is 9.43. The second-order valence-corrected chi connectivity index (χ2v) is 10.8. The SMILES string of the molecule is CN(CC(O)c1ccccc1)C(=O)[C@H]1CN(C(=O)Nc2ccc(Oc3ccccc3)cc2)CC(c2ccccc2[SH2+])N1. The van der Waals surface area contributed by atoms with Gasteiger partial charge in [0.05, 0.1) is 18.7 Å². The lowest BCUT2D eigenvalue weighted by Crippen LogP contribution is -2.60. The van der Waals surface area contributed by atoms with E-state index in [1.165, 1.54) is 4.90 Å². The number of carbonyl (C=O) groups is 2. The zero-order valence-corrected chi connectivity index (χ0v) is 24.3. The van der Waals surface area contributed by atoms with Crippen molar-refractivity contribution in [3.8, 4) is 11.5 Å². The van der Waals surface area contributed by atoms with Crippen LogP contribution in [0.25, 0.3) is 0 Å². The molecule has 3 atom stereocenters. The highest BCUT2D eigenvalue weighted by Gasteiger charge is 2.36. The van der Waals surface area contributed by atoms with Crippen molar-refractivity contribution in [3.63, 3.8) is 0 Å². The molecule has 216 valence electrons. The summed E-state index contributed by atoms with van der Waals surface area (Å²) in [7, 11) is 1.67. The molecule has 0 radical (unpaired) electrons. The number of nitrogens with one attached hydrogen (secondary N) is 2. The van der Waals surface area contributed by atoms with Crippen LogP contribution in [0, 0.1) is 0 Å². The van der Waals surface area contributed by atoms with Gasteiger partial charge in [0.2, 0.25) is 5.91 Å². The number of carbonyl (C=O) groups excluding carboxylic acids is 2. The van der Waals surface area contributed by atoms with E-state index in [1.54, 1.807) is 36.2 Å². The zero-order chi connectivity index (χ0) is 29.5. The lowest BCUT2D eigenvalue weighted by molar-refractivity contribution is -0.134. The molecule has 9 heteroatoms. The van der Waals surface area contributed by atoms with Crippen LogP contribution in [-0.4, -0.2) is 59.6 Å². The summed E-state index contributed by atoms with van der Waals surface area (Å²) in [5.74, 6) is 1.17. The van der Waals surface area contributed by atoms with E-state index >= 15 is 0 Å².